The number of nitrogens with zero attached hydrogens (tertiary/aromatic N) is 3. The third-order valence-electron chi connectivity index (χ3n) is 2.79. The molecule has 6 nitrogen and oxygen atoms in total. The fraction of sp³-hybridized carbons (Fsp3) is 0.182. The van der Waals surface area contributed by atoms with E-state index in [1.54, 1.807) is 13.0 Å². The quantitative estimate of drug-likeness (QED) is 0.693. The highest BCUT2D eigenvalue weighted by atomic mass is 79.9. The lowest BCUT2D eigenvalue weighted by molar-refractivity contribution is -0.384. The number of hydrogen-bond acceptors (Lipinski definition) is 4. The molecule has 1 aromatic heterocycles. The van der Waals surface area contributed by atoms with Crippen LogP contribution in [0.2, 0.25) is 0 Å². The second-order valence-electron chi connectivity index (χ2n) is 3.96. The van der Waals surface area contributed by atoms with Gasteiger partial charge in [-0.2, -0.15) is 5.10 Å². The lowest BCUT2D eigenvalue weighted by atomic mass is 10.1. The van der Waals surface area contributed by atoms with Crippen molar-refractivity contribution in [2.24, 2.45) is 0 Å². The van der Waals surface area contributed by atoms with Gasteiger partial charge < -0.3 is 5.73 Å². The number of halogens is 2. The number of nitro groups is 1. The van der Waals surface area contributed by atoms with Crippen LogP contribution in [0.4, 0.5) is 15.9 Å². The Morgan fingerprint density at radius 3 is 2.79 bits per heavy atom. The topological polar surface area (TPSA) is 87.0 Å². The van der Waals surface area contributed by atoms with Crippen molar-refractivity contribution in [2.75, 3.05) is 5.73 Å². The standard InChI is InChI=1S/C11H10BrFN4O2/c1-6(8-3-2-7(13)4-9(8)12)16-11(14)10(5-15-16)17(18)19/h2-6H,14H2,1H3. The van der Waals surface area contributed by atoms with Crippen LogP contribution in [0.3, 0.4) is 0 Å². The summed E-state index contributed by atoms with van der Waals surface area (Å²) in [5, 5.41) is 14.6. The lowest BCUT2D eigenvalue weighted by Crippen LogP contribution is -2.12. The third kappa shape index (κ3) is 2.43. The third-order valence-corrected chi connectivity index (χ3v) is 3.48. The number of nitrogen functional groups attached to an aromatic ring is 1. The van der Waals surface area contributed by atoms with E-state index >= 15 is 0 Å². The molecule has 2 aromatic rings. The first-order valence-electron chi connectivity index (χ1n) is 5.34. The molecule has 2 N–H and O–H groups in total. The molecule has 0 amide bonds. The molecular weight excluding hydrogens is 319 g/mol. The molecule has 100 valence electrons. The minimum absolute atomic E-state index is 0.0336. The highest BCUT2D eigenvalue weighted by molar-refractivity contribution is 9.10. The van der Waals surface area contributed by atoms with E-state index in [2.05, 4.69) is 21.0 Å². The van der Waals surface area contributed by atoms with E-state index in [-0.39, 0.29) is 23.4 Å². The molecule has 8 heteroatoms. The monoisotopic (exact) mass is 328 g/mol. The van der Waals surface area contributed by atoms with Gasteiger partial charge in [-0.15, -0.1) is 0 Å². The molecule has 0 saturated carbocycles. The average molecular weight is 329 g/mol. The summed E-state index contributed by atoms with van der Waals surface area (Å²) in [6.07, 6.45) is 1.10. The number of benzene rings is 1. The van der Waals surface area contributed by atoms with E-state index < -0.39 is 4.92 Å². The molecule has 1 unspecified atom stereocenters. The molecule has 19 heavy (non-hydrogen) atoms. The van der Waals surface area contributed by atoms with Crippen molar-refractivity contribution < 1.29 is 9.31 Å². The first-order chi connectivity index (χ1) is 8.91. The summed E-state index contributed by atoms with van der Waals surface area (Å²) >= 11 is 3.25. The largest absolute Gasteiger partial charge is 0.378 e. The van der Waals surface area contributed by atoms with E-state index in [0.29, 0.717) is 4.47 Å². The Bertz CT molecular complexity index is 644. The minimum Gasteiger partial charge on any atom is -0.378 e. The van der Waals surface area contributed by atoms with Gasteiger partial charge in [-0.05, 0) is 24.6 Å². The Labute approximate surface area is 116 Å². The van der Waals surface area contributed by atoms with E-state index in [9.17, 15) is 14.5 Å². The van der Waals surface area contributed by atoms with Crippen molar-refractivity contribution in [3.63, 3.8) is 0 Å². The van der Waals surface area contributed by atoms with Gasteiger partial charge in [0, 0.05) is 4.47 Å². The summed E-state index contributed by atoms with van der Waals surface area (Å²) in [5.41, 5.74) is 6.17. The second-order valence-corrected chi connectivity index (χ2v) is 4.81. The number of rotatable bonds is 3. The Morgan fingerprint density at radius 2 is 2.26 bits per heavy atom. The van der Waals surface area contributed by atoms with Crippen LogP contribution in [-0.4, -0.2) is 14.7 Å². The van der Waals surface area contributed by atoms with Crippen LogP contribution >= 0.6 is 15.9 Å². The first-order valence-corrected chi connectivity index (χ1v) is 6.13. The average Bonchev–Trinajstić information content (AvgIpc) is 2.70. The number of hydrogen-bond donors (Lipinski definition) is 1. The van der Waals surface area contributed by atoms with Crippen LogP contribution in [0, 0.1) is 15.9 Å². The molecular formula is C11H10BrFN4O2. The van der Waals surface area contributed by atoms with Gasteiger partial charge in [-0.25, -0.2) is 9.07 Å². The van der Waals surface area contributed by atoms with Gasteiger partial charge in [-0.3, -0.25) is 10.1 Å². The zero-order valence-corrected chi connectivity index (χ0v) is 11.5. The Morgan fingerprint density at radius 1 is 1.58 bits per heavy atom. The molecule has 0 fully saturated rings. The number of anilines is 1. The smallest absolute Gasteiger partial charge is 0.330 e. The van der Waals surface area contributed by atoms with Crippen molar-refractivity contribution in [3.05, 3.63) is 50.4 Å². The van der Waals surface area contributed by atoms with Crippen molar-refractivity contribution in [1.82, 2.24) is 9.78 Å². The Hall–Kier alpha value is -1.96. The molecule has 0 radical (unpaired) electrons. The molecule has 0 saturated heterocycles. The van der Waals surface area contributed by atoms with Gasteiger partial charge in [0.2, 0.25) is 5.82 Å². The summed E-state index contributed by atoms with van der Waals surface area (Å²) in [6, 6.07) is 3.85. The van der Waals surface area contributed by atoms with Crippen LogP contribution in [0.5, 0.6) is 0 Å². The molecule has 0 bridgehead atoms. The normalized spacial score (nSPS) is 12.4. The molecule has 1 atom stereocenters. The molecule has 0 aliphatic rings. The minimum atomic E-state index is -0.592. The molecule has 0 spiro atoms. The van der Waals surface area contributed by atoms with Crippen LogP contribution in [0.25, 0.3) is 0 Å². The Balaban J connectivity index is 2.44. The zero-order valence-electron chi connectivity index (χ0n) is 9.88. The fourth-order valence-corrected chi connectivity index (χ4v) is 2.47. The van der Waals surface area contributed by atoms with E-state index in [1.807, 2.05) is 0 Å². The van der Waals surface area contributed by atoms with E-state index in [1.165, 1.54) is 16.8 Å². The van der Waals surface area contributed by atoms with Gasteiger partial charge in [-0.1, -0.05) is 22.0 Å². The van der Waals surface area contributed by atoms with Crippen molar-refractivity contribution >= 4 is 27.4 Å². The van der Waals surface area contributed by atoms with Gasteiger partial charge in [0.15, 0.2) is 0 Å². The second kappa shape index (κ2) is 4.96. The van der Waals surface area contributed by atoms with Gasteiger partial charge in [0.1, 0.15) is 12.0 Å². The molecule has 0 aliphatic carbocycles. The maximum Gasteiger partial charge on any atom is 0.330 e. The van der Waals surface area contributed by atoms with Crippen molar-refractivity contribution in [2.45, 2.75) is 13.0 Å². The van der Waals surface area contributed by atoms with Crippen LogP contribution in [0.15, 0.2) is 28.9 Å². The summed E-state index contributed by atoms with van der Waals surface area (Å²) in [7, 11) is 0. The molecule has 2 rings (SSSR count). The van der Waals surface area contributed by atoms with Gasteiger partial charge >= 0.3 is 5.69 Å². The Kier molecular flexibility index (Phi) is 3.52. The summed E-state index contributed by atoms with van der Waals surface area (Å²) in [5.74, 6) is -0.407. The zero-order chi connectivity index (χ0) is 14.2. The van der Waals surface area contributed by atoms with Crippen LogP contribution in [-0.2, 0) is 0 Å². The van der Waals surface area contributed by atoms with Crippen LogP contribution < -0.4 is 5.73 Å². The number of nitrogens with two attached hydrogens (primary N) is 1. The lowest BCUT2D eigenvalue weighted by Gasteiger charge is -2.15. The predicted molar refractivity (Wildman–Crippen MR) is 71.2 cm³/mol. The van der Waals surface area contributed by atoms with Crippen LogP contribution in [0.1, 0.15) is 18.5 Å². The van der Waals surface area contributed by atoms with Gasteiger partial charge in [0.05, 0.1) is 11.0 Å². The molecule has 0 aliphatic heterocycles. The molecule has 1 aromatic carbocycles. The highest BCUT2D eigenvalue weighted by Crippen LogP contribution is 2.31. The predicted octanol–water partition coefficient (Wildman–Crippen LogP) is 2.88. The van der Waals surface area contributed by atoms with E-state index in [0.717, 1.165) is 11.8 Å². The van der Waals surface area contributed by atoms with E-state index in [4.69, 9.17) is 5.73 Å². The summed E-state index contributed by atoms with van der Waals surface area (Å²) in [6.45, 7) is 1.77. The summed E-state index contributed by atoms with van der Waals surface area (Å²) < 4.78 is 14.9. The SMILES string of the molecule is CC(c1ccc(F)cc1Br)n1ncc([N+](=O)[O-])c1N. The number of aromatic nitrogens is 2. The van der Waals surface area contributed by atoms with Crippen molar-refractivity contribution in [3.8, 4) is 0 Å². The maximum absolute atomic E-state index is 13.0. The highest BCUT2D eigenvalue weighted by Gasteiger charge is 2.22. The first kappa shape index (κ1) is 13.5. The summed E-state index contributed by atoms with van der Waals surface area (Å²) in [4.78, 5) is 10.1. The van der Waals surface area contributed by atoms with Gasteiger partial charge in [0.25, 0.3) is 0 Å². The van der Waals surface area contributed by atoms with Crippen molar-refractivity contribution in [1.29, 1.82) is 0 Å². The maximum atomic E-state index is 13.0. The fourth-order valence-electron chi connectivity index (χ4n) is 1.78. The molecule has 1 heterocycles.